The van der Waals surface area contributed by atoms with Crippen molar-refractivity contribution in [2.24, 2.45) is 0 Å². The van der Waals surface area contributed by atoms with E-state index in [1.807, 2.05) is 13.0 Å². The van der Waals surface area contributed by atoms with E-state index in [0.29, 0.717) is 16.7 Å². The summed E-state index contributed by atoms with van der Waals surface area (Å²) in [5, 5.41) is 21.5. The number of hydrogen-bond acceptors (Lipinski definition) is 3. The number of rotatable bonds is 5. The van der Waals surface area contributed by atoms with Crippen LogP contribution >= 0.6 is 0 Å². The van der Waals surface area contributed by atoms with Gasteiger partial charge in [0, 0.05) is 29.9 Å². The molecule has 0 unspecified atom stereocenters. The first-order valence-corrected chi connectivity index (χ1v) is 10.3. The zero-order valence-corrected chi connectivity index (χ0v) is 17.3. The molecule has 1 fully saturated rings. The Morgan fingerprint density at radius 3 is 2.38 bits per heavy atom. The van der Waals surface area contributed by atoms with Crippen molar-refractivity contribution < 1.29 is 0 Å². The van der Waals surface area contributed by atoms with Crippen LogP contribution in [0.25, 0.3) is 16.3 Å². The van der Waals surface area contributed by atoms with Gasteiger partial charge in [0.15, 0.2) is 0 Å². The second-order valence-electron chi connectivity index (χ2n) is 7.59. The summed E-state index contributed by atoms with van der Waals surface area (Å²) in [4.78, 5) is 2.45. The van der Waals surface area contributed by atoms with Crippen LogP contribution in [0.4, 0.5) is 5.69 Å². The van der Waals surface area contributed by atoms with E-state index in [0.717, 1.165) is 36.0 Å². The Morgan fingerprint density at radius 1 is 1.03 bits per heavy atom. The summed E-state index contributed by atoms with van der Waals surface area (Å²) in [5.41, 5.74) is 4.74. The zero-order valence-electron chi connectivity index (χ0n) is 17.3. The summed E-state index contributed by atoms with van der Waals surface area (Å²) in [6.45, 7) is 10.00. The molecule has 1 heterocycles. The third-order valence-corrected chi connectivity index (χ3v) is 5.57. The molecular weight excluding hydrogens is 354 g/mol. The monoisotopic (exact) mass is 381 g/mol. The number of allylic oxidation sites excluding steroid dienone is 5. The van der Waals surface area contributed by atoms with Gasteiger partial charge in [-0.1, -0.05) is 37.3 Å². The number of piperidine rings is 1. The fourth-order valence-corrected chi connectivity index (χ4v) is 3.83. The summed E-state index contributed by atoms with van der Waals surface area (Å²) in [6, 6.07) is 17.2. The molecule has 0 saturated carbocycles. The standard InChI is InChI=1S/C26H27N3/c1-4-19(2)14-24(18-28)26(20(3)17-27)23-9-8-22-16-25(11-10-21(22)15-23)29-12-6-5-7-13-29/h8-11,14-16H,2,4-7,12-13H2,1,3H3. The van der Waals surface area contributed by atoms with Gasteiger partial charge in [-0.3, -0.25) is 0 Å². The molecule has 146 valence electrons. The van der Waals surface area contributed by atoms with Gasteiger partial charge in [0.05, 0.1) is 17.7 Å². The molecule has 0 spiro atoms. The fraction of sp³-hybridized carbons (Fsp3) is 0.308. The van der Waals surface area contributed by atoms with Crippen LogP contribution in [-0.4, -0.2) is 13.1 Å². The molecule has 1 aliphatic rings. The molecule has 0 bridgehead atoms. The second kappa shape index (κ2) is 9.26. The van der Waals surface area contributed by atoms with Crippen LogP contribution in [0, 0.1) is 22.7 Å². The number of anilines is 1. The maximum atomic E-state index is 9.73. The van der Waals surface area contributed by atoms with Crippen molar-refractivity contribution >= 4 is 22.0 Å². The SMILES string of the molecule is C=C(C=C(C#N)C(=C(C)C#N)c1ccc2cc(N3CCCCC3)ccc2c1)CC. The number of hydrogen-bond donors (Lipinski definition) is 0. The van der Waals surface area contributed by atoms with E-state index in [4.69, 9.17) is 0 Å². The minimum Gasteiger partial charge on any atom is -0.372 e. The molecule has 29 heavy (non-hydrogen) atoms. The van der Waals surface area contributed by atoms with Crippen molar-refractivity contribution in [2.75, 3.05) is 18.0 Å². The molecule has 0 radical (unpaired) electrons. The van der Waals surface area contributed by atoms with E-state index in [1.54, 1.807) is 13.0 Å². The Balaban J connectivity index is 2.05. The Hall–Kier alpha value is -3.30. The summed E-state index contributed by atoms with van der Waals surface area (Å²) < 4.78 is 0. The van der Waals surface area contributed by atoms with Gasteiger partial charge in [-0.05, 0) is 73.2 Å². The first-order valence-electron chi connectivity index (χ1n) is 10.3. The summed E-state index contributed by atoms with van der Waals surface area (Å²) >= 11 is 0. The molecular formula is C26H27N3. The molecule has 2 aromatic rings. The Bertz CT molecular complexity index is 1070. The van der Waals surface area contributed by atoms with Crippen LogP contribution in [0.5, 0.6) is 0 Å². The number of nitrogens with zero attached hydrogens (tertiary/aromatic N) is 3. The van der Waals surface area contributed by atoms with Gasteiger partial charge in [0.1, 0.15) is 0 Å². The van der Waals surface area contributed by atoms with Gasteiger partial charge in [0.25, 0.3) is 0 Å². The van der Waals surface area contributed by atoms with Crippen molar-refractivity contribution in [1.82, 2.24) is 0 Å². The lowest BCUT2D eigenvalue weighted by Crippen LogP contribution is -2.29. The first-order chi connectivity index (χ1) is 14.1. The number of benzene rings is 2. The van der Waals surface area contributed by atoms with Gasteiger partial charge >= 0.3 is 0 Å². The zero-order chi connectivity index (χ0) is 20.8. The minimum atomic E-state index is 0.486. The third-order valence-electron chi connectivity index (χ3n) is 5.57. The van der Waals surface area contributed by atoms with Crippen molar-refractivity contribution in [3.05, 3.63) is 71.3 Å². The maximum absolute atomic E-state index is 9.73. The van der Waals surface area contributed by atoms with Crippen molar-refractivity contribution in [3.63, 3.8) is 0 Å². The molecule has 1 saturated heterocycles. The van der Waals surface area contributed by atoms with Crippen LogP contribution in [-0.2, 0) is 0 Å². The van der Waals surface area contributed by atoms with E-state index < -0.39 is 0 Å². The van der Waals surface area contributed by atoms with E-state index in [2.05, 4.69) is 53.9 Å². The van der Waals surface area contributed by atoms with Crippen molar-refractivity contribution in [2.45, 2.75) is 39.5 Å². The minimum absolute atomic E-state index is 0.486. The molecule has 0 atom stereocenters. The van der Waals surface area contributed by atoms with Crippen molar-refractivity contribution in [1.29, 1.82) is 10.5 Å². The topological polar surface area (TPSA) is 50.8 Å². The first kappa shape index (κ1) is 20.4. The third kappa shape index (κ3) is 4.58. The van der Waals surface area contributed by atoms with Crippen LogP contribution < -0.4 is 4.90 Å². The number of fused-ring (bicyclic) bond motifs is 1. The smallest absolute Gasteiger partial charge is 0.0998 e. The number of nitriles is 2. The van der Waals surface area contributed by atoms with Gasteiger partial charge in [-0.2, -0.15) is 10.5 Å². The molecule has 0 amide bonds. The highest BCUT2D eigenvalue weighted by atomic mass is 15.1. The lowest BCUT2D eigenvalue weighted by molar-refractivity contribution is 0.578. The van der Waals surface area contributed by atoms with Gasteiger partial charge < -0.3 is 4.90 Å². The molecule has 0 aliphatic carbocycles. The quantitative estimate of drug-likeness (QED) is 0.436. The average Bonchev–Trinajstić information content (AvgIpc) is 2.78. The van der Waals surface area contributed by atoms with E-state index in [9.17, 15) is 10.5 Å². The van der Waals surface area contributed by atoms with Gasteiger partial charge in [-0.25, -0.2) is 0 Å². The van der Waals surface area contributed by atoms with Crippen LogP contribution in [0.2, 0.25) is 0 Å². The van der Waals surface area contributed by atoms with Gasteiger partial charge in [0.2, 0.25) is 0 Å². The highest BCUT2D eigenvalue weighted by molar-refractivity contribution is 5.94. The fourth-order valence-electron chi connectivity index (χ4n) is 3.83. The maximum Gasteiger partial charge on any atom is 0.0998 e. The normalized spacial score (nSPS) is 15.4. The van der Waals surface area contributed by atoms with Gasteiger partial charge in [-0.15, -0.1) is 0 Å². The molecule has 3 nitrogen and oxygen atoms in total. The summed E-state index contributed by atoms with van der Waals surface area (Å²) in [5.74, 6) is 0. The molecule has 1 aliphatic heterocycles. The van der Waals surface area contributed by atoms with Crippen LogP contribution in [0.15, 0.2) is 65.8 Å². The van der Waals surface area contributed by atoms with E-state index >= 15 is 0 Å². The molecule has 2 aromatic carbocycles. The molecule has 3 heteroatoms. The largest absolute Gasteiger partial charge is 0.372 e. The van der Waals surface area contributed by atoms with Crippen LogP contribution in [0.3, 0.4) is 0 Å². The van der Waals surface area contributed by atoms with Crippen molar-refractivity contribution in [3.8, 4) is 12.1 Å². The van der Waals surface area contributed by atoms with E-state index in [1.165, 1.54) is 30.3 Å². The highest BCUT2D eigenvalue weighted by Gasteiger charge is 2.14. The Labute approximate surface area is 173 Å². The van der Waals surface area contributed by atoms with E-state index in [-0.39, 0.29) is 0 Å². The predicted octanol–water partition coefficient (Wildman–Crippen LogP) is 6.54. The lowest BCUT2D eigenvalue weighted by Gasteiger charge is -2.29. The lowest BCUT2D eigenvalue weighted by atomic mass is 9.91. The summed E-state index contributed by atoms with van der Waals surface area (Å²) in [6.07, 6.45) is 6.39. The molecule has 0 N–H and O–H groups in total. The summed E-state index contributed by atoms with van der Waals surface area (Å²) in [7, 11) is 0. The Morgan fingerprint density at radius 2 is 1.72 bits per heavy atom. The molecule has 3 rings (SSSR count). The molecule has 0 aromatic heterocycles. The Kier molecular flexibility index (Phi) is 6.53. The highest BCUT2D eigenvalue weighted by Crippen LogP contribution is 2.32. The van der Waals surface area contributed by atoms with Crippen LogP contribution in [0.1, 0.15) is 45.1 Å². The second-order valence-corrected chi connectivity index (χ2v) is 7.59. The average molecular weight is 382 g/mol. The predicted molar refractivity (Wildman–Crippen MR) is 121 cm³/mol.